The largest absolute Gasteiger partial charge is 0.573 e. The van der Waals surface area contributed by atoms with E-state index in [9.17, 15) is 13.2 Å². The van der Waals surface area contributed by atoms with Crippen molar-refractivity contribution in [3.05, 3.63) is 66.0 Å². The molecule has 1 aromatic carbocycles. The lowest BCUT2D eigenvalue weighted by Crippen LogP contribution is -2.17. The molecular weight excluding hydrogens is 333 g/mol. The summed E-state index contributed by atoms with van der Waals surface area (Å²) in [7, 11) is 0. The molecule has 126 valence electrons. The van der Waals surface area contributed by atoms with Gasteiger partial charge >= 0.3 is 6.36 Å². The molecule has 8 heteroatoms. The second-order valence-corrected chi connectivity index (χ2v) is 4.95. The van der Waals surface area contributed by atoms with E-state index < -0.39 is 6.36 Å². The minimum atomic E-state index is -4.72. The van der Waals surface area contributed by atoms with Gasteiger partial charge in [0.05, 0.1) is 5.69 Å². The fourth-order valence-electron chi connectivity index (χ4n) is 2.07. The van der Waals surface area contributed by atoms with E-state index in [1.54, 1.807) is 29.2 Å². The number of hydrogen-bond donors (Lipinski definition) is 0. The predicted molar refractivity (Wildman–Crippen MR) is 83.0 cm³/mol. The van der Waals surface area contributed by atoms with Gasteiger partial charge in [0.1, 0.15) is 11.4 Å². The SMILES string of the molecule is Cc1cc(C#Cc2ncccn2)nn1-c1ccc(OC(F)(F)F)cc1. The molecule has 25 heavy (non-hydrogen) atoms. The van der Waals surface area contributed by atoms with Gasteiger partial charge in [0.15, 0.2) is 0 Å². The van der Waals surface area contributed by atoms with Crippen LogP contribution in [0.1, 0.15) is 17.2 Å². The topological polar surface area (TPSA) is 52.8 Å². The van der Waals surface area contributed by atoms with Crippen molar-refractivity contribution >= 4 is 0 Å². The van der Waals surface area contributed by atoms with Crippen molar-refractivity contribution in [3.8, 4) is 23.3 Å². The Morgan fingerprint density at radius 3 is 2.36 bits per heavy atom. The van der Waals surface area contributed by atoms with Crippen LogP contribution in [0.2, 0.25) is 0 Å². The lowest BCUT2D eigenvalue weighted by atomic mass is 10.3. The van der Waals surface area contributed by atoms with E-state index in [4.69, 9.17) is 0 Å². The Bertz CT molecular complexity index is 923. The third-order valence-electron chi connectivity index (χ3n) is 3.07. The molecule has 2 aromatic heterocycles. The number of nitrogens with zero attached hydrogens (tertiary/aromatic N) is 4. The Labute approximate surface area is 141 Å². The molecule has 3 aromatic rings. The van der Waals surface area contributed by atoms with E-state index >= 15 is 0 Å². The second-order valence-electron chi connectivity index (χ2n) is 4.95. The molecule has 0 saturated heterocycles. The average Bonchev–Trinajstić information content (AvgIpc) is 2.94. The van der Waals surface area contributed by atoms with Crippen molar-refractivity contribution < 1.29 is 17.9 Å². The predicted octanol–water partition coefficient (Wildman–Crippen LogP) is 3.27. The third kappa shape index (κ3) is 4.35. The molecule has 0 aliphatic heterocycles. The zero-order valence-corrected chi connectivity index (χ0v) is 12.9. The lowest BCUT2D eigenvalue weighted by molar-refractivity contribution is -0.274. The summed E-state index contributed by atoms with van der Waals surface area (Å²) in [5, 5.41) is 4.32. The smallest absolute Gasteiger partial charge is 0.406 e. The summed E-state index contributed by atoms with van der Waals surface area (Å²) >= 11 is 0. The van der Waals surface area contributed by atoms with E-state index in [-0.39, 0.29) is 5.75 Å². The van der Waals surface area contributed by atoms with Crippen molar-refractivity contribution in [2.45, 2.75) is 13.3 Å². The Kier molecular flexibility index (Phi) is 4.39. The van der Waals surface area contributed by atoms with E-state index in [0.29, 0.717) is 17.2 Å². The zero-order chi connectivity index (χ0) is 17.9. The molecule has 0 saturated carbocycles. The van der Waals surface area contributed by atoms with Gasteiger partial charge in [-0.25, -0.2) is 14.6 Å². The van der Waals surface area contributed by atoms with Gasteiger partial charge in [-0.15, -0.1) is 13.2 Å². The van der Waals surface area contributed by atoms with Gasteiger partial charge in [0.25, 0.3) is 0 Å². The van der Waals surface area contributed by atoms with Crippen LogP contribution in [0.15, 0.2) is 48.8 Å². The summed E-state index contributed by atoms with van der Waals surface area (Å²) in [4.78, 5) is 7.99. The first-order valence-corrected chi connectivity index (χ1v) is 7.13. The fraction of sp³-hybridized carbons (Fsp3) is 0.118. The number of benzene rings is 1. The normalized spacial score (nSPS) is 10.9. The molecule has 0 radical (unpaired) electrons. The molecule has 0 bridgehead atoms. The highest BCUT2D eigenvalue weighted by molar-refractivity contribution is 5.41. The Morgan fingerprint density at radius 1 is 1.04 bits per heavy atom. The van der Waals surface area contributed by atoms with Gasteiger partial charge in [0.2, 0.25) is 5.82 Å². The maximum atomic E-state index is 12.2. The van der Waals surface area contributed by atoms with Crippen LogP contribution >= 0.6 is 0 Å². The molecule has 5 nitrogen and oxygen atoms in total. The average molecular weight is 344 g/mol. The van der Waals surface area contributed by atoms with Gasteiger partial charge in [-0.3, -0.25) is 0 Å². The Balaban J connectivity index is 1.82. The first-order chi connectivity index (χ1) is 11.9. The van der Waals surface area contributed by atoms with Crippen LogP contribution in [0.25, 0.3) is 5.69 Å². The van der Waals surface area contributed by atoms with Crippen LogP contribution in [0.5, 0.6) is 5.75 Å². The quantitative estimate of drug-likeness (QED) is 0.670. The number of halogens is 3. The molecule has 2 heterocycles. The number of rotatable bonds is 2. The fourth-order valence-corrected chi connectivity index (χ4v) is 2.07. The van der Waals surface area contributed by atoms with Crippen molar-refractivity contribution in [1.82, 2.24) is 19.7 Å². The molecule has 0 N–H and O–H groups in total. The number of alkyl halides is 3. The van der Waals surface area contributed by atoms with Crippen molar-refractivity contribution in [1.29, 1.82) is 0 Å². The van der Waals surface area contributed by atoms with Crippen LogP contribution in [0.3, 0.4) is 0 Å². The Morgan fingerprint density at radius 2 is 1.72 bits per heavy atom. The number of ether oxygens (including phenoxy) is 1. The standard InChI is InChI=1S/C17H11F3N4O/c1-12-11-13(3-8-16-21-9-2-10-22-16)23-24(12)14-4-6-15(7-5-14)25-17(18,19)20/h2,4-7,9-11H,1H3. The van der Waals surface area contributed by atoms with Crippen molar-refractivity contribution in [2.75, 3.05) is 0 Å². The minimum absolute atomic E-state index is 0.290. The van der Waals surface area contributed by atoms with Gasteiger partial charge in [-0.1, -0.05) is 0 Å². The van der Waals surface area contributed by atoms with Gasteiger partial charge < -0.3 is 4.74 Å². The van der Waals surface area contributed by atoms with Crippen LogP contribution < -0.4 is 4.74 Å². The molecule has 0 aliphatic carbocycles. The minimum Gasteiger partial charge on any atom is -0.406 e. The maximum Gasteiger partial charge on any atom is 0.573 e. The van der Waals surface area contributed by atoms with E-state index in [1.165, 1.54) is 24.3 Å². The molecule has 0 atom stereocenters. The van der Waals surface area contributed by atoms with Crippen molar-refractivity contribution in [3.63, 3.8) is 0 Å². The first-order valence-electron chi connectivity index (χ1n) is 7.13. The summed E-state index contributed by atoms with van der Waals surface area (Å²) in [6.45, 7) is 1.82. The van der Waals surface area contributed by atoms with Crippen LogP contribution in [-0.2, 0) is 0 Å². The molecule has 0 spiro atoms. The highest BCUT2D eigenvalue weighted by atomic mass is 19.4. The lowest BCUT2D eigenvalue weighted by Gasteiger charge is -2.09. The van der Waals surface area contributed by atoms with E-state index in [0.717, 1.165) is 5.69 Å². The maximum absolute atomic E-state index is 12.2. The summed E-state index contributed by atoms with van der Waals surface area (Å²) in [6.07, 6.45) is -1.54. The van der Waals surface area contributed by atoms with Gasteiger partial charge in [-0.2, -0.15) is 5.10 Å². The monoisotopic (exact) mass is 344 g/mol. The second kappa shape index (κ2) is 6.65. The molecule has 0 aliphatic rings. The number of aromatic nitrogens is 4. The zero-order valence-electron chi connectivity index (χ0n) is 12.9. The highest BCUT2D eigenvalue weighted by Crippen LogP contribution is 2.24. The number of aryl methyl sites for hydroxylation is 1. The molecule has 0 fully saturated rings. The molecular formula is C17H11F3N4O. The summed E-state index contributed by atoms with van der Waals surface area (Å²) in [5.74, 6) is 5.74. The first kappa shape index (κ1) is 16.5. The molecule has 0 amide bonds. The highest BCUT2D eigenvalue weighted by Gasteiger charge is 2.30. The summed E-state index contributed by atoms with van der Waals surface area (Å²) in [6, 6.07) is 8.88. The molecule has 0 unspecified atom stereocenters. The van der Waals surface area contributed by atoms with Gasteiger partial charge in [0, 0.05) is 18.1 Å². The summed E-state index contributed by atoms with van der Waals surface area (Å²) in [5.41, 5.74) is 1.87. The summed E-state index contributed by atoms with van der Waals surface area (Å²) < 4.78 is 42.0. The van der Waals surface area contributed by atoms with Crippen LogP contribution in [0.4, 0.5) is 13.2 Å². The Hall–Kier alpha value is -3.34. The van der Waals surface area contributed by atoms with Gasteiger partial charge in [-0.05, 0) is 55.2 Å². The number of hydrogen-bond acceptors (Lipinski definition) is 4. The molecule has 3 rings (SSSR count). The third-order valence-corrected chi connectivity index (χ3v) is 3.07. The van der Waals surface area contributed by atoms with Crippen LogP contribution in [-0.4, -0.2) is 26.1 Å². The van der Waals surface area contributed by atoms with E-state index in [1.807, 2.05) is 6.92 Å². The van der Waals surface area contributed by atoms with Crippen molar-refractivity contribution in [2.24, 2.45) is 0 Å². The van der Waals surface area contributed by atoms with Crippen LogP contribution in [0, 0.1) is 18.8 Å². The van der Waals surface area contributed by atoms with E-state index in [2.05, 4.69) is 31.6 Å².